The Morgan fingerprint density at radius 2 is 2.25 bits per heavy atom. The van der Waals surface area contributed by atoms with Gasteiger partial charge >= 0.3 is 5.91 Å². The fourth-order valence-electron chi connectivity index (χ4n) is 0.912. The molecule has 5 nitrogen and oxygen atoms in total. The molecule has 1 fully saturated rings. The SMILES string of the molecule is CC(=O)C1NC(C(=O)N=O)CS1. The zero-order chi connectivity index (χ0) is 9.14. The Bertz CT molecular complexity index is 231. The zero-order valence-electron chi connectivity index (χ0n) is 6.44. The van der Waals surface area contributed by atoms with Gasteiger partial charge in [-0.05, 0) is 6.92 Å². The van der Waals surface area contributed by atoms with Crippen LogP contribution >= 0.6 is 11.8 Å². The summed E-state index contributed by atoms with van der Waals surface area (Å²) in [4.78, 5) is 31.3. The van der Waals surface area contributed by atoms with E-state index in [0.717, 1.165) is 0 Å². The molecule has 0 spiro atoms. The van der Waals surface area contributed by atoms with Crippen LogP contribution < -0.4 is 5.32 Å². The fraction of sp³-hybridized carbons (Fsp3) is 0.667. The van der Waals surface area contributed by atoms with Gasteiger partial charge in [0.05, 0.1) is 0 Å². The first-order chi connectivity index (χ1) is 5.65. The molecule has 6 heteroatoms. The Hall–Kier alpha value is -0.750. The molecular formula is C6H8N2O3S. The van der Waals surface area contributed by atoms with E-state index in [1.165, 1.54) is 18.7 Å². The van der Waals surface area contributed by atoms with E-state index in [0.29, 0.717) is 5.75 Å². The van der Waals surface area contributed by atoms with E-state index in [-0.39, 0.29) is 11.2 Å². The number of nitrogens with zero attached hydrogens (tertiary/aromatic N) is 1. The first-order valence-corrected chi connectivity index (χ1v) is 4.45. The molecule has 1 rings (SSSR count). The van der Waals surface area contributed by atoms with Crippen LogP contribution in [0.4, 0.5) is 0 Å². The summed E-state index contributed by atoms with van der Waals surface area (Å²) in [5.74, 6) is -0.332. The van der Waals surface area contributed by atoms with Crippen molar-refractivity contribution in [3.8, 4) is 0 Å². The third-order valence-corrected chi connectivity index (χ3v) is 2.87. The first kappa shape index (κ1) is 9.34. The van der Waals surface area contributed by atoms with Crippen LogP contribution in [0.3, 0.4) is 0 Å². The minimum Gasteiger partial charge on any atom is -0.297 e. The van der Waals surface area contributed by atoms with Gasteiger partial charge in [-0.15, -0.1) is 16.7 Å². The van der Waals surface area contributed by atoms with Crippen molar-refractivity contribution in [1.82, 2.24) is 5.32 Å². The molecule has 1 N–H and O–H groups in total. The molecule has 0 aromatic carbocycles. The van der Waals surface area contributed by atoms with Crippen LogP contribution in [-0.2, 0) is 9.59 Å². The second-order valence-corrected chi connectivity index (χ2v) is 3.61. The van der Waals surface area contributed by atoms with Crippen LogP contribution in [0, 0.1) is 4.91 Å². The van der Waals surface area contributed by atoms with Crippen molar-refractivity contribution in [2.75, 3.05) is 5.75 Å². The molecule has 1 heterocycles. The maximum Gasteiger partial charge on any atom is 0.303 e. The van der Waals surface area contributed by atoms with E-state index < -0.39 is 11.9 Å². The van der Waals surface area contributed by atoms with Crippen LogP contribution in [0.1, 0.15) is 6.92 Å². The third kappa shape index (κ3) is 1.89. The van der Waals surface area contributed by atoms with Crippen LogP contribution in [0.5, 0.6) is 0 Å². The van der Waals surface area contributed by atoms with Crippen molar-refractivity contribution in [3.63, 3.8) is 0 Å². The molecule has 0 bridgehead atoms. The topological polar surface area (TPSA) is 75.6 Å². The van der Waals surface area contributed by atoms with Crippen molar-refractivity contribution < 1.29 is 9.59 Å². The van der Waals surface area contributed by atoms with Crippen LogP contribution in [0.25, 0.3) is 0 Å². The Labute approximate surface area is 73.2 Å². The molecule has 0 saturated carbocycles. The zero-order valence-corrected chi connectivity index (χ0v) is 7.26. The number of hydrogen-bond acceptors (Lipinski definition) is 5. The standard InChI is InChI=1S/C6H8N2O3S/c1-3(9)6-7-4(2-12-6)5(10)8-11/h4,6-7H,2H2,1H3. The summed E-state index contributed by atoms with van der Waals surface area (Å²) in [6, 6.07) is -0.582. The number of nitroso groups, excluding NO2 is 1. The third-order valence-electron chi connectivity index (χ3n) is 1.54. The highest BCUT2D eigenvalue weighted by atomic mass is 32.2. The van der Waals surface area contributed by atoms with Crippen molar-refractivity contribution in [1.29, 1.82) is 0 Å². The average molecular weight is 188 g/mol. The highest BCUT2D eigenvalue weighted by Gasteiger charge is 2.32. The molecule has 1 saturated heterocycles. The number of ketones is 1. The number of carbonyl (C=O) groups excluding carboxylic acids is 2. The van der Waals surface area contributed by atoms with Gasteiger partial charge in [0.2, 0.25) is 0 Å². The van der Waals surface area contributed by atoms with Gasteiger partial charge in [-0.1, -0.05) is 0 Å². The van der Waals surface area contributed by atoms with Crippen molar-refractivity contribution >= 4 is 23.5 Å². The van der Waals surface area contributed by atoms with Crippen molar-refractivity contribution in [2.45, 2.75) is 18.3 Å². The number of nitrogens with one attached hydrogen (secondary N) is 1. The lowest BCUT2D eigenvalue weighted by atomic mass is 10.3. The molecule has 66 valence electrons. The summed E-state index contributed by atoms with van der Waals surface area (Å²) in [7, 11) is 0. The van der Waals surface area contributed by atoms with E-state index in [1.54, 1.807) is 0 Å². The Balaban J connectivity index is 2.50. The minimum absolute atomic E-state index is 0.0406. The summed E-state index contributed by atoms with van der Waals surface area (Å²) in [5.41, 5.74) is 0. The van der Waals surface area contributed by atoms with E-state index in [9.17, 15) is 14.5 Å². The fourth-order valence-corrected chi connectivity index (χ4v) is 2.03. The first-order valence-electron chi connectivity index (χ1n) is 3.40. The summed E-state index contributed by atoms with van der Waals surface area (Å²) in [5, 5.41) is 4.64. The average Bonchev–Trinajstić information content (AvgIpc) is 2.51. The lowest BCUT2D eigenvalue weighted by Crippen LogP contribution is -2.38. The predicted molar refractivity (Wildman–Crippen MR) is 44.7 cm³/mol. The van der Waals surface area contributed by atoms with Gasteiger partial charge in [0.15, 0.2) is 5.78 Å². The highest BCUT2D eigenvalue weighted by Crippen LogP contribution is 2.19. The Kier molecular flexibility index (Phi) is 2.93. The summed E-state index contributed by atoms with van der Waals surface area (Å²) >= 11 is 1.32. The maximum absolute atomic E-state index is 10.8. The summed E-state index contributed by atoms with van der Waals surface area (Å²) in [6.45, 7) is 1.44. The van der Waals surface area contributed by atoms with Gasteiger partial charge in [0, 0.05) is 10.9 Å². The molecule has 1 amide bonds. The predicted octanol–water partition coefficient (Wildman–Crippen LogP) is -0.100. The smallest absolute Gasteiger partial charge is 0.297 e. The number of amides is 1. The molecule has 2 unspecified atom stereocenters. The Morgan fingerprint density at radius 3 is 2.67 bits per heavy atom. The van der Waals surface area contributed by atoms with Crippen LogP contribution in [-0.4, -0.2) is 28.9 Å². The van der Waals surface area contributed by atoms with Gasteiger partial charge in [0.25, 0.3) is 0 Å². The highest BCUT2D eigenvalue weighted by molar-refractivity contribution is 8.00. The van der Waals surface area contributed by atoms with Crippen molar-refractivity contribution in [3.05, 3.63) is 4.91 Å². The van der Waals surface area contributed by atoms with E-state index >= 15 is 0 Å². The number of rotatable bonds is 2. The molecule has 0 aromatic rings. The molecule has 0 radical (unpaired) electrons. The molecule has 0 aliphatic carbocycles. The van der Waals surface area contributed by atoms with E-state index in [4.69, 9.17) is 0 Å². The number of carbonyl (C=O) groups is 2. The van der Waals surface area contributed by atoms with Gasteiger partial charge in [-0.25, -0.2) is 0 Å². The van der Waals surface area contributed by atoms with Gasteiger partial charge in [-0.3, -0.25) is 14.9 Å². The lowest BCUT2D eigenvalue weighted by molar-refractivity contribution is -0.119. The maximum atomic E-state index is 10.8. The van der Waals surface area contributed by atoms with Crippen LogP contribution in [0.15, 0.2) is 5.18 Å². The molecule has 12 heavy (non-hydrogen) atoms. The minimum atomic E-state index is -0.730. The molecule has 1 aliphatic heterocycles. The molecule has 0 aromatic heterocycles. The normalized spacial score (nSPS) is 28.4. The van der Waals surface area contributed by atoms with Crippen molar-refractivity contribution in [2.24, 2.45) is 5.18 Å². The van der Waals surface area contributed by atoms with E-state index in [1.807, 2.05) is 0 Å². The Morgan fingerprint density at radius 1 is 1.58 bits per heavy atom. The molecule has 1 aliphatic rings. The number of Topliss-reactive ketones (excluding diaryl/α,β-unsaturated/α-hetero) is 1. The monoisotopic (exact) mass is 188 g/mol. The largest absolute Gasteiger partial charge is 0.303 e. The molecule has 2 atom stereocenters. The quantitative estimate of drug-likeness (QED) is 0.612. The van der Waals surface area contributed by atoms with Crippen LogP contribution in [0.2, 0.25) is 0 Å². The second-order valence-electron chi connectivity index (χ2n) is 2.47. The van der Waals surface area contributed by atoms with Gasteiger partial charge < -0.3 is 0 Å². The summed E-state index contributed by atoms with van der Waals surface area (Å²) < 4.78 is 0. The van der Waals surface area contributed by atoms with Gasteiger partial charge in [0.1, 0.15) is 11.4 Å². The molecular weight excluding hydrogens is 180 g/mol. The van der Waals surface area contributed by atoms with Gasteiger partial charge in [-0.2, -0.15) is 0 Å². The summed E-state index contributed by atoms with van der Waals surface area (Å²) in [6.07, 6.45) is 0. The number of thioether (sulfide) groups is 1. The van der Waals surface area contributed by atoms with E-state index in [2.05, 4.69) is 10.5 Å². The number of hydrogen-bond donors (Lipinski definition) is 1. The second kappa shape index (κ2) is 3.77. The lowest BCUT2D eigenvalue weighted by Gasteiger charge is -2.05.